The summed E-state index contributed by atoms with van der Waals surface area (Å²) in [5.41, 5.74) is 10.6. The van der Waals surface area contributed by atoms with Crippen LogP contribution in [-0.4, -0.2) is 0 Å². The summed E-state index contributed by atoms with van der Waals surface area (Å²) in [7, 11) is 0. The molecule has 0 radical (unpaired) electrons. The summed E-state index contributed by atoms with van der Waals surface area (Å²) in [6, 6.07) is 22.1. The van der Waals surface area contributed by atoms with Crippen LogP contribution in [0.3, 0.4) is 0 Å². The Labute approximate surface area is 133 Å². The van der Waals surface area contributed by atoms with Crippen molar-refractivity contribution >= 4 is 0 Å². The van der Waals surface area contributed by atoms with E-state index in [1.54, 1.807) is 0 Å². The second-order valence-electron chi connectivity index (χ2n) is 6.14. The third-order valence-electron chi connectivity index (χ3n) is 4.49. The van der Waals surface area contributed by atoms with Gasteiger partial charge in [-0.2, -0.15) is 0 Å². The molecule has 0 aliphatic heterocycles. The lowest BCUT2D eigenvalue weighted by molar-refractivity contribution is 1.34. The molecule has 0 spiro atoms. The first-order valence-corrected chi connectivity index (χ1v) is 7.80. The van der Waals surface area contributed by atoms with E-state index < -0.39 is 0 Å². The van der Waals surface area contributed by atoms with Gasteiger partial charge in [0.05, 0.1) is 0 Å². The second-order valence-corrected chi connectivity index (χ2v) is 6.14. The smallest absolute Gasteiger partial charge is 0.0152 e. The Bertz CT molecular complexity index is 808. The molecule has 0 nitrogen and oxygen atoms in total. The molecule has 22 heavy (non-hydrogen) atoms. The lowest BCUT2D eigenvalue weighted by Crippen LogP contribution is -1.88. The van der Waals surface area contributed by atoms with Crippen LogP contribution in [0.5, 0.6) is 0 Å². The molecular formula is C22H22. The van der Waals surface area contributed by atoms with Crippen molar-refractivity contribution in [2.24, 2.45) is 0 Å². The molecule has 3 aromatic rings. The monoisotopic (exact) mass is 286 g/mol. The zero-order valence-corrected chi connectivity index (χ0v) is 13.8. The predicted octanol–water partition coefficient (Wildman–Crippen LogP) is 6.25. The Balaban J connectivity index is 2.01. The van der Waals surface area contributed by atoms with E-state index >= 15 is 0 Å². The Hall–Kier alpha value is -2.34. The molecule has 3 aromatic carbocycles. The molecule has 0 unspecified atom stereocenters. The first-order chi connectivity index (χ1) is 10.6. The standard InChI is InChI=1S/C22H22/c1-15-8-13-21(17(3)14-15)19-9-11-20(12-10-19)22-7-5-6-16(2)18(22)4/h5-14H,1-4H3. The molecule has 3 rings (SSSR count). The van der Waals surface area contributed by atoms with Gasteiger partial charge < -0.3 is 0 Å². The van der Waals surface area contributed by atoms with E-state index in [4.69, 9.17) is 0 Å². The summed E-state index contributed by atoms with van der Waals surface area (Å²) in [5, 5.41) is 0. The van der Waals surface area contributed by atoms with Gasteiger partial charge in [-0.05, 0) is 66.6 Å². The van der Waals surface area contributed by atoms with E-state index in [2.05, 4.69) is 88.4 Å². The average Bonchev–Trinajstić information content (AvgIpc) is 2.50. The van der Waals surface area contributed by atoms with E-state index in [0.29, 0.717) is 0 Å². The fourth-order valence-corrected chi connectivity index (χ4v) is 3.03. The molecule has 0 amide bonds. The number of hydrogen-bond acceptors (Lipinski definition) is 0. The zero-order chi connectivity index (χ0) is 15.7. The average molecular weight is 286 g/mol. The normalized spacial score (nSPS) is 10.7. The highest BCUT2D eigenvalue weighted by Crippen LogP contribution is 2.29. The van der Waals surface area contributed by atoms with Crippen LogP contribution in [0.15, 0.2) is 60.7 Å². The van der Waals surface area contributed by atoms with Crippen molar-refractivity contribution in [2.75, 3.05) is 0 Å². The van der Waals surface area contributed by atoms with Gasteiger partial charge in [0.2, 0.25) is 0 Å². The molecule has 0 aliphatic carbocycles. The minimum atomic E-state index is 1.28. The molecule has 0 saturated heterocycles. The molecule has 0 aliphatic rings. The second kappa shape index (κ2) is 5.81. The Kier molecular flexibility index (Phi) is 3.85. The van der Waals surface area contributed by atoms with Gasteiger partial charge in [-0.25, -0.2) is 0 Å². The van der Waals surface area contributed by atoms with Gasteiger partial charge in [0, 0.05) is 0 Å². The molecule has 0 heteroatoms. The van der Waals surface area contributed by atoms with Crippen molar-refractivity contribution in [3.05, 3.63) is 82.9 Å². The molecule has 0 saturated carbocycles. The first-order valence-electron chi connectivity index (χ1n) is 7.80. The summed E-state index contributed by atoms with van der Waals surface area (Å²) < 4.78 is 0. The van der Waals surface area contributed by atoms with E-state index in [-0.39, 0.29) is 0 Å². The zero-order valence-electron chi connectivity index (χ0n) is 13.8. The van der Waals surface area contributed by atoms with Gasteiger partial charge >= 0.3 is 0 Å². The van der Waals surface area contributed by atoms with Gasteiger partial charge in [0.15, 0.2) is 0 Å². The highest BCUT2D eigenvalue weighted by atomic mass is 14.1. The van der Waals surface area contributed by atoms with Gasteiger partial charge in [-0.1, -0.05) is 66.2 Å². The van der Waals surface area contributed by atoms with Crippen LogP contribution in [-0.2, 0) is 0 Å². The first kappa shape index (κ1) is 14.6. The van der Waals surface area contributed by atoms with Crippen molar-refractivity contribution in [1.29, 1.82) is 0 Å². The summed E-state index contributed by atoms with van der Waals surface area (Å²) in [4.78, 5) is 0. The summed E-state index contributed by atoms with van der Waals surface area (Å²) in [5.74, 6) is 0. The third kappa shape index (κ3) is 2.69. The minimum absolute atomic E-state index is 1.28. The number of aryl methyl sites for hydroxylation is 3. The lowest BCUT2D eigenvalue weighted by Gasteiger charge is -2.11. The number of benzene rings is 3. The minimum Gasteiger partial charge on any atom is -0.0614 e. The largest absolute Gasteiger partial charge is 0.0614 e. The Morgan fingerprint density at radius 1 is 0.545 bits per heavy atom. The highest BCUT2D eigenvalue weighted by Gasteiger charge is 2.06. The van der Waals surface area contributed by atoms with E-state index in [9.17, 15) is 0 Å². The predicted molar refractivity (Wildman–Crippen MR) is 96.3 cm³/mol. The number of hydrogen-bond donors (Lipinski definition) is 0. The van der Waals surface area contributed by atoms with Gasteiger partial charge in [-0.15, -0.1) is 0 Å². The van der Waals surface area contributed by atoms with Crippen molar-refractivity contribution in [2.45, 2.75) is 27.7 Å². The summed E-state index contributed by atoms with van der Waals surface area (Å²) >= 11 is 0. The van der Waals surface area contributed by atoms with Crippen LogP contribution in [0.25, 0.3) is 22.3 Å². The highest BCUT2D eigenvalue weighted by molar-refractivity contribution is 5.74. The van der Waals surface area contributed by atoms with Crippen molar-refractivity contribution in [3.8, 4) is 22.3 Å². The SMILES string of the molecule is Cc1ccc(-c2ccc(-c3cccc(C)c3C)cc2)c(C)c1. The van der Waals surface area contributed by atoms with Gasteiger partial charge in [0.25, 0.3) is 0 Å². The maximum atomic E-state index is 2.24. The molecule has 110 valence electrons. The van der Waals surface area contributed by atoms with E-state index in [0.717, 1.165) is 0 Å². The molecule has 0 fully saturated rings. The molecular weight excluding hydrogens is 264 g/mol. The molecule has 0 N–H and O–H groups in total. The van der Waals surface area contributed by atoms with Crippen molar-refractivity contribution in [1.82, 2.24) is 0 Å². The maximum Gasteiger partial charge on any atom is -0.0152 e. The van der Waals surface area contributed by atoms with Gasteiger partial charge in [0.1, 0.15) is 0 Å². The Morgan fingerprint density at radius 2 is 1.18 bits per heavy atom. The number of rotatable bonds is 2. The Morgan fingerprint density at radius 3 is 1.82 bits per heavy atom. The summed E-state index contributed by atoms with van der Waals surface area (Å²) in [6.45, 7) is 8.69. The molecule has 0 bridgehead atoms. The molecule has 0 aromatic heterocycles. The fourth-order valence-electron chi connectivity index (χ4n) is 3.03. The van der Waals surface area contributed by atoms with Gasteiger partial charge in [-0.3, -0.25) is 0 Å². The molecule has 0 heterocycles. The van der Waals surface area contributed by atoms with Crippen LogP contribution in [0, 0.1) is 27.7 Å². The maximum absolute atomic E-state index is 2.24. The van der Waals surface area contributed by atoms with E-state index in [1.807, 2.05) is 0 Å². The lowest BCUT2D eigenvalue weighted by atomic mass is 9.94. The van der Waals surface area contributed by atoms with E-state index in [1.165, 1.54) is 44.5 Å². The van der Waals surface area contributed by atoms with Crippen LogP contribution in [0.4, 0.5) is 0 Å². The summed E-state index contributed by atoms with van der Waals surface area (Å²) in [6.07, 6.45) is 0. The fraction of sp³-hybridized carbons (Fsp3) is 0.182. The topological polar surface area (TPSA) is 0 Å². The van der Waals surface area contributed by atoms with Crippen LogP contribution in [0.1, 0.15) is 22.3 Å². The third-order valence-corrected chi connectivity index (χ3v) is 4.49. The van der Waals surface area contributed by atoms with Crippen molar-refractivity contribution < 1.29 is 0 Å². The molecule has 0 atom stereocenters. The van der Waals surface area contributed by atoms with Crippen LogP contribution in [0.2, 0.25) is 0 Å². The van der Waals surface area contributed by atoms with Crippen LogP contribution >= 0.6 is 0 Å². The van der Waals surface area contributed by atoms with Crippen molar-refractivity contribution in [3.63, 3.8) is 0 Å². The van der Waals surface area contributed by atoms with Crippen LogP contribution < -0.4 is 0 Å². The quantitative estimate of drug-likeness (QED) is 0.522.